The lowest BCUT2D eigenvalue weighted by Gasteiger charge is -2.38. The van der Waals surface area contributed by atoms with E-state index in [2.05, 4.69) is 15.3 Å². The maximum atomic E-state index is 14.4. The van der Waals surface area contributed by atoms with E-state index in [1.807, 2.05) is 7.05 Å². The number of phenolic OH excluding ortho intramolecular Hbond substituents is 3. The number of Topliss-reactive ketones (excluding diaryl/α,β-unsaturated/α-hetero) is 1. The monoisotopic (exact) mass is 838 g/mol. The van der Waals surface area contributed by atoms with E-state index in [4.69, 9.17) is 18.9 Å². The van der Waals surface area contributed by atoms with Gasteiger partial charge in [0.15, 0.2) is 5.75 Å². The number of carbonyl (C=O) groups is 3. The number of ketones is 1. The number of likely N-dealkylation sites (N-methyl/N-ethyl adjacent to an activating group) is 1. The first-order valence-electron chi connectivity index (χ1n) is 19.9. The standard InChI is InChI=1S/C43H58N4O13/c1-21-11-10-12-22(2)42(56)45-33-27(19-44-47-16-14-46(8)15-17-47)37(53)30-31(38(33)54)36(52)25(5)40-32(30)41(55)43(7,60-40)58-18-13-29(57-9)23(3)39(59-26(6)49)28(20-48)35(51)24(4)34(21)50/h10-13,18-19,21,23-24,28-29,34-35,39,48,50-54H,14-17,20H2,1-9H3,(H,45,56)/b11-10+,18-13+,22-12-,44-19+/t21-,23+,24+,28+,29-,34-,35+,39+,43-/m0/s1. The van der Waals surface area contributed by atoms with Crippen molar-refractivity contribution in [2.75, 3.05) is 52.3 Å². The van der Waals surface area contributed by atoms with Gasteiger partial charge in [0.1, 0.15) is 23.4 Å². The molecule has 328 valence electrons. The van der Waals surface area contributed by atoms with E-state index in [1.165, 1.54) is 53.2 Å². The lowest BCUT2D eigenvalue weighted by molar-refractivity contribution is -0.164. The largest absolute Gasteiger partial charge is 0.507 e. The van der Waals surface area contributed by atoms with Crippen molar-refractivity contribution < 1.29 is 64.0 Å². The van der Waals surface area contributed by atoms with E-state index in [0.717, 1.165) is 6.26 Å². The molecule has 0 aliphatic carbocycles. The van der Waals surface area contributed by atoms with Gasteiger partial charge in [0, 0.05) is 87.3 Å². The number of carbonyl (C=O) groups excluding carboxylic acids is 3. The molecule has 4 heterocycles. The van der Waals surface area contributed by atoms with Crippen LogP contribution in [-0.4, -0.2) is 142 Å². The number of esters is 1. The number of hydrogen-bond acceptors (Lipinski definition) is 16. The quantitative estimate of drug-likeness (QED) is 0.0990. The maximum absolute atomic E-state index is 14.4. The van der Waals surface area contributed by atoms with E-state index in [1.54, 1.807) is 37.9 Å². The number of amides is 1. The molecule has 60 heavy (non-hydrogen) atoms. The first kappa shape index (κ1) is 45.9. The molecule has 4 aliphatic rings. The predicted octanol–water partition coefficient (Wildman–Crippen LogP) is 3.31. The number of methoxy groups -OCH3 is 1. The summed E-state index contributed by atoms with van der Waals surface area (Å²) in [5, 5.41) is 77.4. The Balaban J connectivity index is 1.71. The van der Waals surface area contributed by atoms with Crippen LogP contribution in [-0.2, 0) is 23.8 Å². The highest BCUT2D eigenvalue weighted by Gasteiger charge is 2.50. The van der Waals surface area contributed by atoms with Crippen LogP contribution < -0.4 is 10.1 Å². The second-order valence-electron chi connectivity index (χ2n) is 16.1. The van der Waals surface area contributed by atoms with Gasteiger partial charge in [-0.25, -0.2) is 0 Å². The van der Waals surface area contributed by atoms with Crippen molar-refractivity contribution in [1.82, 2.24) is 9.91 Å². The normalized spacial score (nSPS) is 31.7. The Labute approximate surface area is 349 Å². The van der Waals surface area contributed by atoms with Gasteiger partial charge < -0.3 is 59.8 Å². The number of hydrogen-bond donors (Lipinski definition) is 7. The molecule has 2 aromatic rings. The smallest absolute Gasteiger partial charge is 0.312 e. The Morgan fingerprint density at radius 1 is 1.00 bits per heavy atom. The fourth-order valence-corrected chi connectivity index (χ4v) is 7.94. The van der Waals surface area contributed by atoms with Crippen molar-refractivity contribution in [2.24, 2.45) is 28.8 Å². The van der Waals surface area contributed by atoms with Gasteiger partial charge in [-0.3, -0.25) is 19.4 Å². The number of ether oxygens (including phenoxy) is 4. The number of hydrazone groups is 1. The highest BCUT2D eigenvalue weighted by atomic mass is 16.7. The maximum Gasteiger partial charge on any atom is 0.312 e. The number of piperazine rings is 1. The molecule has 0 saturated carbocycles. The third-order valence-corrected chi connectivity index (χ3v) is 11.9. The summed E-state index contributed by atoms with van der Waals surface area (Å²) >= 11 is 0. The van der Waals surface area contributed by atoms with Gasteiger partial charge in [0.05, 0.1) is 59.6 Å². The van der Waals surface area contributed by atoms with E-state index in [-0.39, 0.29) is 44.5 Å². The number of fused-ring (bicyclic) bond motifs is 14. The Hall–Kier alpha value is -5.20. The van der Waals surface area contributed by atoms with Gasteiger partial charge in [-0.1, -0.05) is 39.0 Å². The molecule has 9 atom stereocenters. The number of phenols is 3. The highest BCUT2D eigenvalue weighted by molar-refractivity contribution is 6.23. The van der Waals surface area contributed by atoms with E-state index < -0.39 is 95.4 Å². The molecular formula is C43H58N4O13. The molecule has 1 saturated heterocycles. The molecule has 2 aromatic carbocycles. The van der Waals surface area contributed by atoms with Crippen molar-refractivity contribution in [3.63, 3.8) is 0 Å². The fourth-order valence-electron chi connectivity index (χ4n) is 7.94. The molecule has 1 fully saturated rings. The van der Waals surface area contributed by atoms with Crippen molar-refractivity contribution in [2.45, 2.75) is 78.7 Å². The van der Waals surface area contributed by atoms with Crippen LogP contribution in [0.15, 0.2) is 41.2 Å². The van der Waals surface area contributed by atoms with E-state index >= 15 is 0 Å². The zero-order valence-corrected chi connectivity index (χ0v) is 35.5. The molecule has 0 radical (unpaired) electrons. The molecule has 4 aliphatic heterocycles. The van der Waals surface area contributed by atoms with Crippen LogP contribution in [0.25, 0.3) is 10.8 Å². The lowest BCUT2D eigenvalue weighted by atomic mass is 9.78. The average Bonchev–Trinajstić information content (AvgIpc) is 3.47. The number of nitrogens with one attached hydrogen (secondary N) is 1. The number of allylic oxidation sites excluding steroid dienone is 2. The number of benzene rings is 2. The summed E-state index contributed by atoms with van der Waals surface area (Å²) in [6, 6.07) is 0. The van der Waals surface area contributed by atoms with Crippen molar-refractivity contribution in [3.8, 4) is 23.0 Å². The van der Waals surface area contributed by atoms with Crippen LogP contribution >= 0.6 is 0 Å². The van der Waals surface area contributed by atoms with E-state index in [0.29, 0.717) is 26.2 Å². The van der Waals surface area contributed by atoms with Gasteiger partial charge >= 0.3 is 11.8 Å². The molecular weight excluding hydrogens is 780 g/mol. The Morgan fingerprint density at radius 2 is 1.67 bits per heavy atom. The predicted molar refractivity (Wildman–Crippen MR) is 222 cm³/mol. The molecule has 7 N–H and O–H groups in total. The first-order chi connectivity index (χ1) is 28.3. The number of nitrogens with zero attached hydrogens (tertiary/aromatic N) is 3. The second kappa shape index (κ2) is 18.6. The Bertz CT molecular complexity index is 2090. The number of aliphatic hydroxyl groups excluding tert-OH is 3. The van der Waals surface area contributed by atoms with Gasteiger partial charge in [0.25, 0.3) is 11.7 Å². The highest BCUT2D eigenvalue weighted by Crippen LogP contribution is 2.55. The number of aromatic hydroxyl groups is 3. The molecule has 1 amide bonds. The van der Waals surface area contributed by atoms with Crippen LogP contribution in [0.3, 0.4) is 0 Å². The van der Waals surface area contributed by atoms with E-state index in [9.17, 15) is 45.0 Å². The van der Waals surface area contributed by atoms with Crippen molar-refractivity contribution in [3.05, 3.63) is 52.8 Å². The summed E-state index contributed by atoms with van der Waals surface area (Å²) in [5.74, 6) is -9.41. The summed E-state index contributed by atoms with van der Waals surface area (Å²) < 4.78 is 23.5. The summed E-state index contributed by atoms with van der Waals surface area (Å²) in [6.07, 6.45) is 3.91. The van der Waals surface area contributed by atoms with Crippen LogP contribution in [0.5, 0.6) is 23.0 Å². The summed E-state index contributed by atoms with van der Waals surface area (Å²) in [4.78, 5) is 42.7. The average molecular weight is 839 g/mol. The van der Waals surface area contributed by atoms with Crippen LogP contribution in [0.1, 0.15) is 63.0 Å². The Kier molecular flexibility index (Phi) is 14.2. The molecule has 0 aromatic heterocycles. The molecule has 0 spiro atoms. The van der Waals surface area contributed by atoms with Gasteiger partial charge in [-0.2, -0.15) is 5.10 Å². The molecule has 5 bridgehead atoms. The van der Waals surface area contributed by atoms with Crippen LogP contribution in [0, 0.1) is 30.6 Å². The minimum absolute atomic E-state index is 0.0338. The van der Waals surface area contributed by atoms with Crippen molar-refractivity contribution >= 4 is 40.3 Å². The number of anilines is 1. The van der Waals surface area contributed by atoms with Crippen LogP contribution in [0.2, 0.25) is 0 Å². The zero-order valence-electron chi connectivity index (χ0n) is 35.5. The summed E-state index contributed by atoms with van der Waals surface area (Å²) in [5.41, 5.74) is -0.465. The van der Waals surface area contributed by atoms with Gasteiger partial charge in [0.2, 0.25) is 0 Å². The third kappa shape index (κ3) is 8.95. The number of aliphatic hydroxyl groups is 3. The SMILES string of the molecule is CO[C@H]1/C=C/O[C@@]2(C)Oc3c(C)c(O)c4c(O)c(c(/C=N/N5CCN(C)CC5)c(O)c4c3C2=O)NC(=O)/C(C)=C\C=C\[C@H](C)[C@H](O)[C@@H](C)[C@@H](O)[C@@H](CO)[C@H](OC(C)=O)[C@@H]1C. The Morgan fingerprint density at radius 3 is 2.28 bits per heavy atom. The van der Waals surface area contributed by atoms with Crippen LogP contribution in [0.4, 0.5) is 5.69 Å². The second-order valence-corrected chi connectivity index (χ2v) is 16.1. The topological polar surface area (TPSA) is 240 Å². The third-order valence-electron chi connectivity index (χ3n) is 11.9. The van der Waals surface area contributed by atoms with Gasteiger partial charge in [-0.15, -0.1) is 0 Å². The zero-order chi connectivity index (χ0) is 44.4. The first-order valence-corrected chi connectivity index (χ1v) is 19.9. The molecule has 17 nitrogen and oxygen atoms in total. The van der Waals surface area contributed by atoms with Gasteiger partial charge in [-0.05, 0) is 27.0 Å². The molecule has 6 rings (SSSR count). The van der Waals surface area contributed by atoms with Crippen molar-refractivity contribution in [1.29, 1.82) is 0 Å². The minimum Gasteiger partial charge on any atom is -0.507 e. The molecule has 0 unspecified atom stereocenters. The summed E-state index contributed by atoms with van der Waals surface area (Å²) in [6.45, 7) is 12.3. The summed E-state index contributed by atoms with van der Waals surface area (Å²) in [7, 11) is 3.36. The lowest BCUT2D eigenvalue weighted by Crippen LogP contribution is -2.49. The fraction of sp³-hybridized carbons (Fsp3) is 0.535. The minimum atomic E-state index is -2.08. The number of rotatable bonds is 5. The molecule has 17 heteroatoms.